The van der Waals surface area contributed by atoms with Gasteiger partial charge in [0, 0.05) is 17.3 Å². The van der Waals surface area contributed by atoms with Crippen LogP contribution >= 0.6 is 11.6 Å². The molecule has 0 radical (unpaired) electrons. The van der Waals surface area contributed by atoms with Gasteiger partial charge in [-0.2, -0.15) is 0 Å². The van der Waals surface area contributed by atoms with Crippen molar-refractivity contribution in [2.75, 3.05) is 0 Å². The van der Waals surface area contributed by atoms with Gasteiger partial charge in [0.1, 0.15) is 0 Å². The molecule has 2 nitrogen and oxygen atoms in total. The zero-order chi connectivity index (χ0) is 11.5. The lowest BCUT2D eigenvalue weighted by atomic mass is 10.1. The number of hydrogen-bond donors (Lipinski definition) is 0. The van der Waals surface area contributed by atoms with Crippen molar-refractivity contribution >= 4 is 11.6 Å². The van der Waals surface area contributed by atoms with Gasteiger partial charge in [-0.1, -0.05) is 41.4 Å². The standard InChI is InChI=1S/C13H12ClNO/c1-10-3-2-4-11(7-10)9-15-6-5-12(14)8-13(15)16/h2-8H,9H2,1H3. The predicted molar refractivity (Wildman–Crippen MR) is 66.0 cm³/mol. The summed E-state index contributed by atoms with van der Waals surface area (Å²) in [5, 5.41) is 0.477. The lowest BCUT2D eigenvalue weighted by molar-refractivity contribution is 0.759. The summed E-state index contributed by atoms with van der Waals surface area (Å²) in [6.45, 7) is 2.62. The fourth-order valence-electron chi connectivity index (χ4n) is 1.62. The Morgan fingerprint density at radius 2 is 2.06 bits per heavy atom. The van der Waals surface area contributed by atoms with E-state index in [1.54, 1.807) is 16.8 Å². The van der Waals surface area contributed by atoms with Crippen molar-refractivity contribution in [3.63, 3.8) is 0 Å². The molecular weight excluding hydrogens is 222 g/mol. The molecule has 0 unspecified atom stereocenters. The Morgan fingerprint density at radius 1 is 1.25 bits per heavy atom. The number of benzene rings is 1. The molecule has 1 aromatic carbocycles. The smallest absolute Gasteiger partial charge is 0.252 e. The van der Waals surface area contributed by atoms with Crippen LogP contribution in [0.5, 0.6) is 0 Å². The number of hydrogen-bond acceptors (Lipinski definition) is 1. The average molecular weight is 234 g/mol. The first kappa shape index (κ1) is 11.0. The first-order chi connectivity index (χ1) is 7.65. The lowest BCUT2D eigenvalue weighted by Crippen LogP contribution is -2.18. The van der Waals surface area contributed by atoms with Gasteiger partial charge < -0.3 is 4.57 Å². The maximum Gasteiger partial charge on any atom is 0.252 e. The maximum atomic E-state index is 11.6. The Morgan fingerprint density at radius 3 is 2.75 bits per heavy atom. The van der Waals surface area contributed by atoms with Crippen molar-refractivity contribution in [3.05, 3.63) is 69.1 Å². The second-order valence-corrected chi connectivity index (χ2v) is 4.24. The zero-order valence-corrected chi connectivity index (χ0v) is 9.74. The largest absolute Gasteiger partial charge is 0.311 e. The summed E-state index contributed by atoms with van der Waals surface area (Å²) < 4.78 is 1.64. The molecular formula is C13H12ClNO. The summed E-state index contributed by atoms with van der Waals surface area (Å²) in [6, 6.07) is 11.3. The molecule has 0 fully saturated rings. The molecule has 0 aliphatic heterocycles. The van der Waals surface area contributed by atoms with Crippen LogP contribution in [0, 0.1) is 6.92 Å². The first-order valence-corrected chi connectivity index (χ1v) is 5.44. The van der Waals surface area contributed by atoms with E-state index in [4.69, 9.17) is 11.6 Å². The summed E-state index contributed by atoms with van der Waals surface area (Å²) in [4.78, 5) is 11.6. The minimum absolute atomic E-state index is 0.0750. The van der Waals surface area contributed by atoms with Gasteiger partial charge in [0.25, 0.3) is 5.56 Å². The van der Waals surface area contributed by atoms with E-state index in [2.05, 4.69) is 6.07 Å². The van der Waals surface area contributed by atoms with Crippen molar-refractivity contribution in [2.45, 2.75) is 13.5 Å². The van der Waals surface area contributed by atoms with Crippen molar-refractivity contribution in [3.8, 4) is 0 Å². The molecule has 0 bridgehead atoms. The Kier molecular flexibility index (Phi) is 3.11. The number of nitrogens with zero attached hydrogens (tertiary/aromatic N) is 1. The third kappa shape index (κ3) is 2.52. The van der Waals surface area contributed by atoms with Gasteiger partial charge in [-0.25, -0.2) is 0 Å². The van der Waals surface area contributed by atoms with Gasteiger partial charge in [0.15, 0.2) is 0 Å². The van der Waals surface area contributed by atoms with Crippen LogP contribution in [-0.2, 0) is 6.54 Å². The molecule has 0 saturated carbocycles. The second-order valence-electron chi connectivity index (χ2n) is 3.80. The molecule has 16 heavy (non-hydrogen) atoms. The molecule has 0 atom stereocenters. The van der Waals surface area contributed by atoms with Gasteiger partial charge in [-0.05, 0) is 18.6 Å². The molecule has 0 amide bonds. The highest BCUT2D eigenvalue weighted by Gasteiger charge is 1.98. The zero-order valence-electron chi connectivity index (χ0n) is 8.98. The van der Waals surface area contributed by atoms with E-state index < -0.39 is 0 Å². The molecule has 2 rings (SSSR count). The number of pyridine rings is 1. The predicted octanol–water partition coefficient (Wildman–Crippen LogP) is 2.86. The number of halogens is 1. The number of rotatable bonds is 2. The molecule has 0 N–H and O–H groups in total. The Bertz CT molecular complexity index is 560. The van der Waals surface area contributed by atoms with Crippen molar-refractivity contribution in [1.29, 1.82) is 0 Å². The molecule has 82 valence electrons. The van der Waals surface area contributed by atoms with Crippen LogP contribution in [0.1, 0.15) is 11.1 Å². The van der Waals surface area contributed by atoms with Gasteiger partial charge in [0.05, 0.1) is 6.54 Å². The van der Waals surface area contributed by atoms with E-state index >= 15 is 0 Å². The maximum absolute atomic E-state index is 11.6. The lowest BCUT2D eigenvalue weighted by Gasteiger charge is -2.06. The summed E-state index contributed by atoms with van der Waals surface area (Å²) >= 11 is 5.73. The minimum Gasteiger partial charge on any atom is -0.311 e. The highest BCUT2D eigenvalue weighted by Crippen LogP contribution is 2.07. The second kappa shape index (κ2) is 4.54. The van der Waals surface area contributed by atoms with Gasteiger partial charge in [0.2, 0.25) is 0 Å². The first-order valence-electron chi connectivity index (χ1n) is 5.07. The molecule has 0 spiro atoms. The van der Waals surface area contributed by atoms with Crippen LogP contribution in [0.3, 0.4) is 0 Å². The molecule has 0 aliphatic rings. The average Bonchev–Trinajstić information content (AvgIpc) is 2.22. The van der Waals surface area contributed by atoms with Crippen LogP contribution < -0.4 is 5.56 Å². The van der Waals surface area contributed by atoms with Crippen LogP contribution in [-0.4, -0.2) is 4.57 Å². The van der Waals surface area contributed by atoms with Crippen LogP contribution in [0.2, 0.25) is 5.02 Å². The van der Waals surface area contributed by atoms with Crippen LogP contribution in [0.15, 0.2) is 47.4 Å². The summed E-state index contributed by atoms with van der Waals surface area (Å²) in [6.07, 6.45) is 1.72. The number of aromatic nitrogens is 1. The quantitative estimate of drug-likeness (QED) is 0.782. The highest BCUT2D eigenvalue weighted by atomic mass is 35.5. The summed E-state index contributed by atoms with van der Waals surface area (Å²) in [7, 11) is 0. The summed E-state index contributed by atoms with van der Waals surface area (Å²) in [5.74, 6) is 0. The van der Waals surface area contributed by atoms with Crippen molar-refractivity contribution in [1.82, 2.24) is 4.57 Å². The molecule has 1 aromatic heterocycles. The third-order valence-corrected chi connectivity index (χ3v) is 2.63. The fourth-order valence-corrected chi connectivity index (χ4v) is 1.77. The third-order valence-electron chi connectivity index (χ3n) is 2.39. The van der Waals surface area contributed by atoms with E-state index in [-0.39, 0.29) is 5.56 Å². The van der Waals surface area contributed by atoms with Gasteiger partial charge >= 0.3 is 0 Å². The molecule has 0 aliphatic carbocycles. The van der Waals surface area contributed by atoms with E-state index in [0.717, 1.165) is 5.56 Å². The minimum atomic E-state index is -0.0750. The van der Waals surface area contributed by atoms with Crippen LogP contribution in [0.4, 0.5) is 0 Å². The van der Waals surface area contributed by atoms with E-state index in [1.807, 2.05) is 25.1 Å². The Balaban J connectivity index is 2.31. The van der Waals surface area contributed by atoms with Gasteiger partial charge in [-0.15, -0.1) is 0 Å². The van der Waals surface area contributed by atoms with E-state index in [9.17, 15) is 4.79 Å². The van der Waals surface area contributed by atoms with Crippen LogP contribution in [0.25, 0.3) is 0 Å². The Hall–Kier alpha value is -1.54. The molecule has 2 aromatic rings. The monoisotopic (exact) mass is 233 g/mol. The van der Waals surface area contributed by atoms with E-state index in [1.165, 1.54) is 11.6 Å². The Labute approximate surface area is 99.1 Å². The van der Waals surface area contributed by atoms with E-state index in [0.29, 0.717) is 11.6 Å². The fraction of sp³-hybridized carbons (Fsp3) is 0.154. The summed E-state index contributed by atoms with van der Waals surface area (Å²) in [5.41, 5.74) is 2.23. The number of aryl methyl sites for hydroxylation is 1. The van der Waals surface area contributed by atoms with Gasteiger partial charge in [-0.3, -0.25) is 4.79 Å². The topological polar surface area (TPSA) is 22.0 Å². The normalized spacial score (nSPS) is 10.4. The SMILES string of the molecule is Cc1cccc(Cn2ccc(Cl)cc2=O)c1. The van der Waals surface area contributed by atoms with Crippen molar-refractivity contribution < 1.29 is 0 Å². The molecule has 0 saturated heterocycles. The van der Waals surface area contributed by atoms with Crippen molar-refractivity contribution in [2.24, 2.45) is 0 Å². The molecule has 1 heterocycles. The molecule has 3 heteroatoms. The highest BCUT2D eigenvalue weighted by molar-refractivity contribution is 6.30.